The fraction of sp³-hybridized carbons (Fsp3) is 0.414. The van der Waals surface area contributed by atoms with Crippen LogP contribution in [0, 0.1) is 0 Å². The Morgan fingerprint density at radius 2 is 1.76 bits per heavy atom. The van der Waals surface area contributed by atoms with E-state index in [9.17, 15) is 0 Å². The Balaban J connectivity index is 1.13. The minimum absolute atomic E-state index is 0.269. The van der Waals surface area contributed by atoms with E-state index in [2.05, 4.69) is 60.8 Å². The number of rotatable bonds is 4. The quantitative estimate of drug-likeness (QED) is 0.412. The number of nitrogens with two attached hydrogens (primary N) is 1. The standard InChI is InChI=1S/C29H33N9/c30-28-33-29(32-22-15-21-18-37(23-10-2-3-11-23)14-6-13-25(21)31-17-22)36-38(28)26-16-20-9-5-8-19-7-1-4-12-24(19)27(20)35-34-26/h1,4,7,12,15-17,23H,2-3,5-6,8-11,13-14,18H2,(H3,30,32,33,36). The van der Waals surface area contributed by atoms with Gasteiger partial charge in [-0.15, -0.1) is 15.3 Å². The smallest absolute Gasteiger partial charge is 0.248 e. The Morgan fingerprint density at radius 3 is 2.68 bits per heavy atom. The molecule has 9 nitrogen and oxygen atoms in total. The molecular formula is C29H33N9. The molecule has 0 radical (unpaired) electrons. The predicted molar refractivity (Wildman–Crippen MR) is 147 cm³/mol. The molecule has 4 heterocycles. The van der Waals surface area contributed by atoms with Crippen molar-refractivity contribution in [2.45, 2.75) is 70.4 Å². The molecule has 0 bridgehead atoms. The first-order chi connectivity index (χ1) is 18.7. The van der Waals surface area contributed by atoms with Crippen LogP contribution >= 0.6 is 0 Å². The zero-order chi connectivity index (χ0) is 25.5. The molecular weight excluding hydrogens is 474 g/mol. The van der Waals surface area contributed by atoms with Crippen molar-refractivity contribution in [2.24, 2.45) is 0 Å². The van der Waals surface area contributed by atoms with E-state index in [0.29, 0.717) is 17.8 Å². The summed E-state index contributed by atoms with van der Waals surface area (Å²) in [4.78, 5) is 11.9. The molecule has 194 valence electrons. The maximum absolute atomic E-state index is 6.29. The lowest BCUT2D eigenvalue weighted by atomic mass is 10.0. The molecule has 0 saturated heterocycles. The second-order valence-electron chi connectivity index (χ2n) is 10.8. The van der Waals surface area contributed by atoms with Crippen LogP contribution < -0.4 is 11.1 Å². The van der Waals surface area contributed by atoms with E-state index < -0.39 is 0 Å². The normalized spacial score (nSPS) is 17.8. The Hall–Kier alpha value is -3.85. The molecule has 1 saturated carbocycles. The maximum atomic E-state index is 6.29. The van der Waals surface area contributed by atoms with Gasteiger partial charge in [-0.3, -0.25) is 9.88 Å². The van der Waals surface area contributed by atoms with Gasteiger partial charge in [-0.25, -0.2) is 0 Å². The molecule has 3 aromatic heterocycles. The van der Waals surface area contributed by atoms with E-state index in [-0.39, 0.29) is 5.95 Å². The lowest BCUT2D eigenvalue weighted by Crippen LogP contribution is -2.32. The van der Waals surface area contributed by atoms with Crippen LogP contribution in [-0.2, 0) is 25.8 Å². The molecule has 4 aromatic rings. The number of fused-ring (bicyclic) bond motifs is 4. The Morgan fingerprint density at radius 1 is 0.895 bits per heavy atom. The van der Waals surface area contributed by atoms with Crippen molar-refractivity contribution in [1.82, 2.24) is 34.8 Å². The van der Waals surface area contributed by atoms with Gasteiger partial charge in [0, 0.05) is 23.8 Å². The number of aromatic nitrogens is 6. The van der Waals surface area contributed by atoms with Crippen molar-refractivity contribution in [3.8, 4) is 17.1 Å². The van der Waals surface area contributed by atoms with Crippen molar-refractivity contribution >= 4 is 17.6 Å². The molecule has 38 heavy (non-hydrogen) atoms. The number of nitrogens with one attached hydrogen (secondary N) is 1. The van der Waals surface area contributed by atoms with Gasteiger partial charge in [0.1, 0.15) is 0 Å². The van der Waals surface area contributed by atoms with Gasteiger partial charge in [-0.2, -0.15) is 9.67 Å². The van der Waals surface area contributed by atoms with Crippen LogP contribution in [0.25, 0.3) is 17.1 Å². The lowest BCUT2D eigenvalue weighted by Gasteiger charge is -2.27. The van der Waals surface area contributed by atoms with Gasteiger partial charge < -0.3 is 11.1 Å². The average molecular weight is 508 g/mol. The first-order valence-electron chi connectivity index (χ1n) is 13.9. The number of hydrogen-bond acceptors (Lipinski definition) is 8. The topological polar surface area (TPSA) is 111 Å². The number of benzene rings is 1. The Bertz CT molecular complexity index is 1470. The van der Waals surface area contributed by atoms with Crippen LogP contribution in [0.5, 0.6) is 0 Å². The SMILES string of the molecule is Nc1nc(Nc2cnc3c(c2)CN(C2CCCC2)CCC3)nn1-c1cc2c(nn1)-c1ccccc1CCC2. The summed E-state index contributed by atoms with van der Waals surface area (Å²) < 4.78 is 1.56. The molecule has 0 unspecified atom stereocenters. The molecule has 1 aromatic carbocycles. The van der Waals surface area contributed by atoms with Crippen molar-refractivity contribution < 1.29 is 0 Å². The van der Waals surface area contributed by atoms with Crippen LogP contribution in [0.1, 0.15) is 60.9 Å². The molecule has 0 spiro atoms. The van der Waals surface area contributed by atoms with Gasteiger partial charge in [-0.05, 0) is 80.3 Å². The second-order valence-corrected chi connectivity index (χ2v) is 10.8. The third-order valence-electron chi connectivity index (χ3n) is 8.26. The van der Waals surface area contributed by atoms with E-state index in [1.165, 1.54) is 48.9 Å². The highest BCUT2D eigenvalue weighted by Gasteiger charge is 2.25. The first kappa shape index (κ1) is 23.3. The Kier molecular flexibility index (Phi) is 6.00. The highest BCUT2D eigenvalue weighted by atomic mass is 15.4. The molecule has 0 atom stereocenters. The molecule has 3 aliphatic rings. The average Bonchev–Trinajstić information content (AvgIpc) is 3.49. The fourth-order valence-corrected chi connectivity index (χ4v) is 6.35. The number of aryl methyl sites for hydroxylation is 3. The molecule has 1 aliphatic heterocycles. The van der Waals surface area contributed by atoms with Gasteiger partial charge in [0.15, 0.2) is 5.82 Å². The number of hydrogen-bond donors (Lipinski definition) is 2. The van der Waals surface area contributed by atoms with E-state index >= 15 is 0 Å². The predicted octanol–water partition coefficient (Wildman–Crippen LogP) is 4.62. The largest absolute Gasteiger partial charge is 0.368 e. The van der Waals surface area contributed by atoms with E-state index in [0.717, 1.165) is 61.3 Å². The summed E-state index contributed by atoms with van der Waals surface area (Å²) in [6.45, 7) is 2.11. The highest BCUT2D eigenvalue weighted by Crippen LogP contribution is 2.32. The summed E-state index contributed by atoms with van der Waals surface area (Å²) in [6.07, 6.45) is 12.5. The third kappa shape index (κ3) is 4.41. The first-order valence-corrected chi connectivity index (χ1v) is 13.9. The van der Waals surface area contributed by atoms with Crippen LogP contribution in [0.4, 0.5) is 17.6 Å². The van der Waals surface area contributed by atoms with Crippen LogP contribution in [0.15, 0.2) is 42.6 Å². The van der Waals surface area contributed by atoms with Crippen LogP contribution in [0.2, 0.25) is 0 Å². The fourth-order valence-electron chi connectivity index (χ4n) is 6.35. The molecule has 2 aliphatic carbocycles. The molecule has 7 rings (SSSR count). The summed E-state index contributed by atoms with van der Waals surface area (Å²) in [5, 5.41) is 17.0. The van der Waals surface area contributed by atoms with Gasteiger partial charge in [0.25, 0.3) is 0 Å². The molecule has 0 amide bonds. The van der Waals surface area contributed by atoms with Crippen molar-refractivity contribution in [1.29, 1.82) is 0 Å². The summed E-state index contributed by atoms with van der Waals surface area (Å²) in [7, 11) is 0. The summed E-state index contributed by atoms with van der Waals surface area (Å²) in [6, 6.07) is 13.4. The molecule has 9 heteroatoms. The minimum atomic E-state index is 0.269. The maximum Gasteiger partial charge on any atom is 0.248 e. The van der Waals surface area contributed by atoms with Crippen molar-refractivity contribution in [2.75, 3.05) is 17.6 Å². The number of nitrogens with zero attached hydrogens (tertiary/aromatic N) is 7. The highest BCUT2D eigenvalue weighted by molar-refractivity contribution is 5.68. The summed E-state index contributed by atoms with van der Waals surface area (Å²) in [5.74, 6) is 1.27. The van der Waals surface area contributed by atoms with Gasteiger partial charge in [0.05, 0.1) is 17.6 Å². The summed E-state index contributed by atoms with van der Waals surface area (Å²) in [5.41, 5.74) is 14.2. The number of nitrogen functional groups attached to an aromatic ring is 1. The lowest BCUT2D eigenvalue weighted by molar-refractivity contribution is 0.193. The van der Waals surface area contributed by atoms with Crippen LogP contribution in [0.3, 0.4) is 0 Å². The monoisotopic (exact) mass is 507 g/mol. The third-order valence-corrected chi connectivity index (χ3v) is 8.26. The number of anilines is 3. The molecule has 1 fully saturated rings. The van der Waals surface area contributed by atoms with Crippen molar-refractivity contribution in [3.05, 3.63) is 65.0 Å². The molecule has 3 N–H and O–H groups in total. The zero-order valence-corrected chi connectivity index (χ0v) is 21.6. The van der Waals surface area contributed by atoms with Gasteiger partial charge in [0.2, 0.25) is 11.9 Å². The second kappa shape index (κ2) is 9.79. The minimum Gasteiger partial charge on any atom is -0.368 e. The van der Waals surface area contributed by atoms with E-state index in [1.807, 2.05) is 12.3 Å². The van der Waals surface area contributed by atoms with Crippen molar-refractivity contribution in [3.63, 3.8) is 0 Å². The zero-order valence-electron chi connectivity index (χ0n) is 21.6. The summed E-state index contributed by atoms with van der Waals surface area (Å²) >= 11 is 0. The number of pyridine rings is 1. The van der Waals surface area contributed by atoms with Gasteiger partial charge >= 0.3 is 0 Å². The van der Waals surface area contributed by atoms with E-state index in [4.69, 9.17) is 10.7 Å². The van der Waals surface area contributed by atoms with E-state index in [1.54, 1.807) is 4.68 Å². The van der Waals surface area contributed by atoms with Gasteiger partial charge in [-0.1, -0.05) is 37.1 Å². The Labute approximate surface area is 222 Å². The van der Waals surface area contributed by atoms with Crippen LogP contribution in [-0.4, -0.2) is 47.4 Å².